The number of thioether (sulfide) groups is 1. The van der Waals surface area contributed by atoms with Gasteiger partial charge in [-0.3, -0.25) is 4.99 Å². The number of halogens is 2. The highest BCUT2D eigenvalue weighted by Crippen LogP contribution is 2.42. The minimum absolute atomic E-state index is 0.0214. The predicted octanol–water partition coefficient (Wildman–Crippen LogP) is 4.43. The first-order valence-corrected chi connectivity index (χ1v) is 8.00. The molecule has 108 valence electrons. The maximum Gasteiger partial charge on any atom is 0.161 e. The van der Waals surface area contributed by atoms with Crippen molar-refractivity contribution < 1.29 is 8.78 Å². The Balaban J connectivity index is 1.79. The fourth-order valence-electron chi connectivity index (χ4n) is 3.14. The van der Waals surface area contributed by atoms with Crippen LogP contribution in [-0.4, -0.2) is 16.5 Å². The van der Waals surface area contributed by atoms with Gasteiger partial charge in [-0.25, -0.2) is 8.78 Å². The van der Waals surface area contributed by atoms with Gasteiger partial charge in [0.2, 0.25) is 0 Å². The monoisotopic (exact) mass is 296 g/mol. The molecule has 0 aromatic heterocycles. The van der Waals surface area contributed by atoms with Crippen molar-refractivity contribution in [2.24, 2.45) is 10.9 Å². The molecule has 1 heterocycles. The summed E-state index contributed by atoms with van der Waals surface area (Å²) in [6.45, 7) is 2.25. The summed E-state index contributed by atoms with van der Waals surface area (Å²) in [4.78, 5) is 4.74. The Morgan fingerprint density at radius 3 is 2.80 bits per heavy atom. The molecule has 1 spiro atoms. The fourth-order valence-corrected chi connectivity index (χ4v) is 4.30. The number of amidine groups is 1. The minimum atomic E-state index is -0.578. The zero-order valence-electron chi connectivity index (χ0n) is 11.5. The van der Waals surface area contributed by atoms with E-state index in [1.807, 2.05) is 0 Å². The molecular formula is C15H18F2N2S. The summed E-state index contributed by atoms with van der Waals surface area (Å²) in [5.74, 6) is 0.436. The fraction of sp³-hybridized carbons (Fsp3) is 0.533. The lowest BCUT2D eigenvalue weighted by Crippen LogP contribution is -2.33. The van der Waals surface area contributed by atoms with Crippen LogP contribution in [0.2, 0.25) is 0 Å². The van der Waals surface area contributed by atoms with Crippen LogP contribution in [0.5, 0.6) is 0 Å². The molecule has 3 rings (SSSR count). The molecule has 1 N–H and O–H groups in total. The average Bonchev–Trinajstić information content (AvgIpc) is 2.76. The second-order valence-electron chi connectivity index (χ2n) is 5.85. The van der Waals surface area contributed by atoms with Crippen molar-refractivity contribution in [2.45, 2.75) is 38.1 Å². The van der Waals surface area contributed by atoms with Crippen LogP contribution in [0.15, 0.2) is 23.2 Å². The highest BCUT2D eigenvalue weighted by atomic mass is 32.2. The number of nitrogens with zero attached hydrogens (tertiary/aromatic N) is 1. The van der Waals surface area contributed by atoms with E-state index in [0.29, 0.717) is 11.1 Å². The zero-order chi connectivity index (χ0) is 14.2. The smallest absolute Gasteiger partial charge is 0.161 e. The first-order chi connectivity index (χ1) is 9.58. The van der Waals surface area contributed by atoms with E-state index in [1.165, 1.54) is 31.0 Å². The first kappa shape index (κ1) is 13.9. The number of rotatable bonds is 1. The molecule has 2 unspecified atom stereocenters. The maximum absolute atomic E-state index is 13.6. The van der Waals surface area contributed by atoms with Gasteiger partial charge in [-0.2, -0.15) is 0 Å². The Kier molecular flexibility index (Phi) is 3.71. The third kappa shape index (κ3) is 2.68. The summed E-state index contributed by atoms with van der Waals surface area (Å²) in [6, 6.07) is 3.87. The van der Waals surface area contributed by atoms with Crippen molar-refractivity contribution in [3.8, 4) is 0 Å². The Labute approximate surface area is 122 Å². The minimum Gasteiger partial charge on any atom is -0.330 e. The van der Waals surface area contributed by atoms with Crippen LogP contribution in [0.3, 0.4) is 0 Å². The van der Waals surface area contributed by atoms with Crippen molar-refractivity contribution in [2.75, 3.05) is 11.1 Å². The number of para-hydroxylation sites is 1. The van der Waals surface area contributed by atoms with E-state index in [9.17, 15) is 8.78 Å². The van der Waals surface area contributed by atoms with Gasteiger partial charge < -0.3 is 5.32 Å². The van der Waals surface area contributed by atoms with Crippen molar-refractivity contribution in [1.29, 1.82) is 0 Å². The van der Waals surface area contributed by atoms with Crippen molar-refractivity contribution >= 4 is 22.6 Å². The lowest BCUT2D eigenvalue weighted by molar-refractivity contribution is 0.266. The van der Waals surface area contributed by atoms with E-state index in [-0.39, 0.29) is 11.2 Å². The van der Waals surface area contributed by atoms with E-state index in [0.717, 1.165) is 18.6 Å². The van der Waals surface area contributed by atoms with E-state index in [4.69, 9.17) is 4.99 Å². The summed E-state index contributed by atoms with van der Waals surface area (Å²) in [5.41, 5.74) is -0.119. The molecule has 0 amide bonds. The lowest BCUT2D eigenvalue weighted by Gasteiger charge is -2.33. The number of benzene rings is 1. The van der Waals surface area contributed by atoms with Gasteiger partial charge in [-0.15, -0.1) is 0 Å². The summed E-state index contributed by atoms with van der Waals surface area (Å²) in [5, 5.41) is 3.47. The van der Waals surface area contributed by atoms with Gasteiger partial charge in [-0.05, 0) is 30.9 Å². The molecule has 2 aliphatic rings. The molecule has 1 saturated carbocycles. The van der Waals surface area contributed by atoms with Gasteiger partial charge in [0.25, 0.3) is 0 Å². The molecule has 1 aliphatic heterocycles. The predicted molar refractivity (Wildman–Crippen MR) is 80.2 cm³/mol. The molecule has 1 aliphatic carbocycles. The van der Waals surface area contributed by atoms with Gasteiger partial charge in [0.1, 0.15) is 17.3 Å². The van der Waals surface area contributed by atoms with Gasteiger partial charge in [0, 0.05) is 5.75 Å². The molecule has 1 fully saturated rings. The highest BCUT2D eigenvalue weighted by Gasteiger charge is 2.39. The summed E-state index contributed by atoms with van der Waals surface area (Å²) in [7, 11) is 0. The van der Waals surface area contributed by atoms with Crippen LogP contribution in [0.1, 0.15) is 32.6 Å². The third-order valence-electron chi connectivity index (χ3n) is 4.08. The maximum atomic E-state index is 13.6. The highest BCUT2D eigenvalue weighted by molar-refractivity contribution is 8.14. The summed E-state index contributed by atoms with van der Waals surface area (Å²) in [6.07, 6.45) is 4.60. The Bertz CT molecular complexity index is 526. The van der Waals surface area contributed by atoms with Crippen LogP contribution in [0.4, 0.5) is 14.5 Å². The second-order valence-corrected chi connectivity index (χ2v) is 6.82. The quantitative estimate of drug-likeness (QED) is 0.829. The molecule has 20 heavy (non-hydrogen) atoms. The number of hydrogen-bond acceptors (Lipinski definition) is 3. The molecule has 1 aromatic carbocycles. The van der Waals surface area contributed by atoms with Crippen LogP contribution in [0.25, 0.3) is 0 Å². The van der Waals surface area contributed by atoms with Crippen LogP contribution < -0.4 is 5.32 Å². The first-order valence-electron chi connectivity index (χ1n) is 7.02. The van der Waals surface area contributed by atoms with Gasteiger partial charge in [0.15, 0.2) is 5.17 Å². The largest absolute Gasteiger partial charge is 0.330 e. The molecule has 0 bridgehead atoms. The topological polar surface area (TPSA) is 24.4 Å². The van der Waals surface area contributed by atoms with Crippen molar-refractivity contribution in [1.82, 2.24) is 0 Å². The molecule has 0 saturated heterocycles. The van der Waals surface area contributed by atoms with E-state index in [2.05, 4.69) is 12.2 Å². The SMILES string of the molecule is CC1CCCC2(CSC(Nc3c(F)cccc3F)=N2)C1. The molecule has 0 radical (unpaired) electrons. The van der Waals surface area contributed by atoms with Gasteiger partial charge in [-0.1, -0.05) is 37.6 Å². The standard InChI is InChI=1S/C15H18F2N2S/c1-10-4-3-7-15(8-10)9-20-14(19-15)18-13-11(16)5-2-6-12(13)17/h2,5-6,10H,3-4,7-9H2,1H3,(H,18,19). The van der Waals surface area contributed by atoms with E-state index in [1.54, 1.807) is 11.8 Å². The summed E-state index contributed by atoms with van der Waals surface area (Å²) < 4.78 is 27.3. The molecule has 5 heteroatoms. The zero-order valence-corrected chi connectivity index (χ0v) is 12.3. The van der Waals surface area contributed by atoms with E-state index < -0.39 is 11.6 Å². The van der Waals surface area contributed by atoms with E-state index >= 15 is 0 Å². The number of aliphatic imine (C=N–C) groups is 1. The van der Waals surface area contributed by atoms with Crippen LogP contribution >= 0.6 is 11.8 Å². The molecular weight excluding hydrogens is 278 g/mol. The number of hydrogen-bond donors (Lipinski definition) is 1. The average molecular weight is 296 g/mol. The molecule has 2 atom stereocenters. The van der Waals surface area contributed by atoms with Gasteiger partial charge >= 0.3 is 0 Å². The van der Waals surface area contributed by atoms with Crippen molar-refractivity contribution in [3.05, 3.63) is 29.8 Å². The lowest BCUT2D eigenvalue weighted by atomic mass is 9.78. The van der Waals surface area contributed by atoms with Crippen molar-refractivity contribution in [3.63, 3.8) is 0 Å². The van der Waals surface area contributed by atoms with Gasteiger partial charge in [0.05, 0.1) is 5.54 Å². The third-order valence-corrected chi connectivity index (χ3v) is 5.23. The second kappa shape index (κ2) is 5.35. The number of anilines is 1. The van der Waals surface area contributed by atoms with Crippen LogP contribution in [-0.2, 0) is 0 Å². The Morgan fingerprint density at radius 1 is 1.35 bits per heavy atom. The number of nitrogens with one attached hydrogen (secondary N) is 1. The molecule has 2 nitrogen and oxygen atoms in total. The van der Waals surface area contributed by atoms with Crippen LogP contribution in [0, 0.1) is 17.6 Å². The summed E-state index contributed by atoms with van der Waals surface area (Å²) >= 11 is 1.57. The Hall–Kier alpha value is -1.10. The normalized spacial score (nSPS) is 29.6. The Morgan fingerprint density at radius 2 is 2.10 bits per heavy atom. The molecule has 1 aromatic rings.